The van der Waals surface area contributed by atoms with Gasteiger partial charge in [0.05, 0.1) is 5.02 Å². The van der Waals surface area contributed by atoms with Crippen molar-refractivity contribution in [1.82, 2.24) is 4.98 Å². The molecule has 0 saturated carbocycles. The Balaban J connectivity index is 2.73. The molecule has 0 aliphatic rings. The molecule has 4 heteroatoms. The molecular formula is C10H15ClN2O. The van der Waals surface area contributed by atoms with Crippen molar-refractivity contribution < 1.29 is 5.11 Å². The number of rotatable bonds is 5. The number of hydrogen-bond acceptors (Lipinski definition) is 3. The van der Waals surface area contributed by atoms with Crippen LogP contribution < -0.4 is 4.90 Å². The average molecular weight is 215 g/mol. The van der Waals surface area contributed by atoms with Gasteiger partial charge in [0.25, 0.3) is 0 Å². The molecule has 0 fully saturated rings. The van der Waals surface area contributed by atoms with Crippen molar-refractivity contribution in [1.29, 1.82) is 0 Å². The summed E-state index contributed by atoms with van der Waals surface area (Å²) in [5.74, 6) is 0.796. The number of aromatic nitrogens is 1. The zero-order chi connectivity index (χ0) is 10.4. The summed E-state index contributed by atoms with van der Waals surface area (Å²) in [6.45, 7) is 3.86. The molecule has 0 radical (unpaired) electrons. The molecule has 1 N–H and O–H groups in total. The van der Waals surface area contributed by atoms with E-state index in [0.29, 0.717) is 5.02 Å². The summed E-state index contributed by atoms with van der Waals surface area (Å²) in [5.41, 5.74) is 0. The second-order valence-electron chi connectivity index (χ2n) is 2.97. The lowest BCUT2D eigenvalue weighted by Gasteiger charge is -2.22. The predicted octanol–water partition coefficient (Wildman–Crippen LogP) is 1.94. The normalized spacial score (nSPS) is 10.2. The van der Waals surface area contributed by atoms with E-state index in [1.54, 1.807) is 6.20 Å². The summed E-state index contributed by atoms with van der Waals surface area (Å²) >= 11 is 6.01. The molecule has 1 rings (SSSR count). The van der Waals surface area contributed by atoms with Gasteiger partial charge < -0.3 is 10.0 Å². The topological polar surface area (TPSA) is 36.4 Å². The number of pyridine rings is 1. The lowest BCUT2D eigenvalue weighted by Crippen LogP contribution is -2.25. The molecule has 0 amide bonds. The molecule has 3 nitrogen and oxygen atoms in total. The van der Waals surface area contributed by atoms with Crippen LogP contribution in [0.2, 0.25) is 5.02 Å². The third kappa shape index (κ3) is 2.86. The Bertz CT molecular complexity index is 281. The molecule has 1 aromatic heterocycles. The van der Waals surface area contributed by atoms with Gasteiger partial charge in [0, 0.05) is 25.9 Å². The Hall–Kier alpha value is -0.800. The van der Waals surface area contributed by atoms with Crippen LogP contribution in [0.15, 0.2) is 18.3 Å². The predicted molar refractivity (Wildman–Crippen MR) is 58.8 cm³/mol. The molecular weight excluding hydrogens is 200 g/mol. The van der Waals surface area contributed by atoms with Crippen molar-refractivity contribution >= 4 is 17.4 Å². The van der Waals surface area contributed by atoms with Crippen LogP contribution >= 0.6 is 11.6 Å². The molecule has 14 heavy (non-hydrogen) atoms. The van der Waals surface area contributed by atoms with E-state index in [1.165, 1.54) is 0 Å². The van der Waals surface area contributed by atoms with E-state index in [1.807, 2.05) is 19.1 Å². The zero-order valence-electron chi connectivity index (χ0n) is 8.28. The molecule has 0 bridgehead atoms. The maximum atomic E-state index is 8.75. The first-order chi connectivity index (χ1) is 6.79. The summed E-state index contributed by atoms with van der Waals surface area (Å²) in [6.07, 6.45) is 2.46. The first-order valence-electron chi connectivity index (χ1n) is 4.76. The summed E-state index contributed by atoms with van der Waals surface area (Å²) < 4.78 is 0. The number of aliphatic hydroxyl groups is 1. The molecule has 0 aliphatic carbocycles. The minimum absolute atomic E-state index is 0.195. The highest BCUT2D eigenvalue weighted by molar-refractivity contribution is 6.32. The van der Waals surface area contributed by atoms with Crippen LogP contribution in [0.3, 0.4) is 0 Å². The number of halogens is 1. The zero-order valence-corrected chi connectivity index (χ0v) is 9.04. The first-order valence-corrected chi connectivity index (χ1v) is 5.13. The molecule has 0 unspecified atom stereocenters. The van der Waals surface area contributed by atoms with Crippen molar-refractivity contribution in [2.75, 3.05) is 24.6 Å². The third-order valence-electron chi connectivity index (χ3n) is 2.01. The fourth-order valence-corrected chi connectivity index (χ4v) is 1.53. The van der Waals surface area contributed by atoms with Crippen LogP contribution in [0.5, 0.6) is 0 Å². The van der Waals surface area contributed by atoms with Crippen LogP contribution in [0.4, 0.5) is 5.82 Å². The van der Waals surface area contributed by atoms with E-state index in [9.17, 15) is 0 Å². The van der Waals surface area contributed by atoms with Crippen molar-refractivity contribution in [3.05, 3.63) is 23.4 Å². The van der Waals surface area contributed by atoms with Gasteiger partial charge in [-0.15, -0.1) is 0 Å². The maximum absolute atomic E-state index is 8.75. The highest BCUT2D eigenvalue weighted by Crippen LogP contribution is 2.21. The summed E-state index contributed by atoms with van der Waals surface area (Å²) in [4.78, 5) is 6.27. The van der Waals surface area contributed by atoms with Crippen LogP contribution in [-0.4, -0.2) is 29.8 Å². The molecule has 0 saturated heterocycles. The van der Waals surface area contributed by atoms with Crippen LogP contribution in [0.25, 0.3) is 0 Å². The number of nitrogens with zero attached hydrogens (tertiary/aromatic N) is 2. The molecule has 1 aromatic rings. The molecule has 0 spiro atoms. The van der Waals surface area contributed by atoms with E-state index >= 15 is 0 Å². The number of aliphatic hydroxyl groups excluding tert-OH is 1. The van der Waals surface area contributed by atoms with E-state index in [4.69, 9.17) is 16.7 Å². The smallest absolute Gasteiger partial charge is 0.147 e. The Morgan fingerprint density at radius 3 is 2.93 bits per heavy atom. The molecule has 0 aliphatic heterocycles. The highest BCUT2D eigenvalue weighted by atomic mass is 35.5. The number of hydrogen-bond donors (Lipinski definition) is 1. The molecule has 0 atom stereocenters. The SMILES string of the molecule is CCN(CCCO)c1ncccc1Cl. The summed E-state index contributed by atoms with van der Waals surface area (Å²) in [5, 5.41) is 9.41. The van der Waals surface area contributed by atoms with E-state index in [2.05, 4.69) is 9.88 Å². The number of anilines is 1. The second kappa shape index (κ2) is 5.83. The van der Waals surface area contributed by atoms with Crippen molar-refractivity contribution in [2.45, 2.75) is 13.3 Å². The fraction of sp³-hybridized carbons (Fsp3) is 0.500. The van der Waals surface area contributed by atoms with E-state index in [-0.39, 0.29) is 6.61 Å². The van der Waals surface area contributed by atoms with Crippen LogP contribution in [0.1, 0.15) is 13.3 Å². The van der Waals surface area contributed by atoms with E-state index in [0.717, 1.165) is 25.3 Å². The average Bonchev–Trinajstić information content (AvgIpc) is 2.21. The first kappa shape index (κ1) is 11.3. The highest BCUT2D eigenvalue weighted by Gasteiger charge is 2.08. The standard InChI is InChI=1S/C10H15ClN2O/c1-2-13(7-4-8-14)10-9(11)5-3-6-12-10/h3,5-6,14H,2,4,7-8H2,1H3. The minimum atomic E-state index is 0.195. The third-order valence-corrected chi connectivity index (χ3v) is 2.30. The van der Waals surface area contributed by atoms with E-state index < -0.39 is 0 Å². The van der Waals surface area contributed by atoms with Crippen LogP contribution in [-0.2, 0) is 0 Å². The Morgan fingerprint density at radius 1 is 1.57 bits per heavy atom. The molecule has 78 valence electrons. The van der Waals surface area contributed by atoms with Crippen molar-refractivity contribution in [3.63, 3.8) is 0 Å². The lowest BCUT2D eigenvalue weighted by molar-refractivity contribution is 0.289. The van der Waals surface area contributed by atoms with Crippen molar-refractivity contribution in [2.24, 2.45) is 0 Å². The minimum Gasteiger partial charge on any atom is -0.396 e. The quantitative estimate of drug-likeness (QED) is 0.814. The molecule has 1 heterocycles. The largest absolute Gasteiger partial charge is 0.396 e. The van der Waals surface area contributed by atoms with Gasteiger partial charge in [-0.3, -0.25) is 0 Å². The monoisotopic (exact) mass is 214 g/mol. The van der Waals surface area contributed by atoms with Gasteiger partial charge in [-0.1, -0.05) is 11.6 Å². The van der Waals surface area contributed by atoms with Gasteiger partial charge in [-0.25, -0.2) is 4.98 Å². The summed E-state index contributed by atoms with van der Waals surface area (Å²) in [7, 11) is 0. The van der Waals surface area contributed by atoms with Gasteiger partial charge in [0.1, 0.15) is 5.82 Å². The second-order valence-corrected chi connectivity index (χ2v) is 3.37. The Kier molecular flexibility index (Phi) is 4.70. The van der Waals surface area contributed by atoms with Gasteiger partial charge in [-0.2, -0.15) is 0 Å². The van der Waals surface area contributed by atoms with Crippen LogP contribution in [0, 0.1) is 0 Å². The van der Waals surface area contributed by atoms with Crippen molar-refractivity contribution in [3.8, 4) is 0 Å². The Labute approximate surface area is 89.3 Å². The summed E-state index contributed by atoms with van der Waals surface area (Å²) in [6, 6.07) is 3.64. The molecule has 0 aromatic carbocycles. The maximum Gasteiger partial charge on any atom is 0.147 e. The fourth-order valence-electron chi connectivity index (χ4n) is 1.29. The van der Waals surface area contributed by atoms with Gasteiger partial charge in [0.15, 0.2) is 0 Å². The Morgan fingerprint density at radius 2 is 2.36 bits per heavy atom. The van der Waals surface area contributed by atoms with Gasteiger partial charge >= 0.3 is 0 Å². The lowest BCUT2D eigenvalue weighted by atomic mass is 10.3. The van der Waals surface area contributed by atoms with Gasteiger partial charge in [-0.05, 0) is 25.5 Å². The van der Waals surface area contributed by atoms with Gasteiger partial charge in [0.2, 0.25) is 0 Å².